The van der Waals surface area contributed by atoms with Crippen molar-refractivity contribution in [2.24, 2.45) is 5.10 Å². The van der Waals surface area contributed by atoms with Gasteiger partial charge in [-0.25, -0.2) is 9.69 Å². The molecule has 0 aromatic heterocycles. The molecular weight excluding hydrogens is 372 g/mol. The van der Waals surface area contributed by atoms with E-state index >= 15 is 0 Å². The number of urea groups is 1. The zero-order chi connectivity index (χ0) is 20.7. The third-order valence-electron chi connectivity index (χ3n) is 5.76. The van der Waals surface area contributed by atoms with Gasteiger partial charge < -0.3 is 10.0 Å². The second kappa shape index (κ2) is 7.74. The molecule has 1 aromatic rings. The molecule has 156 valence electrons. The van der Waals surface area contributed by atoms with Crippen LogP contribution in [0.3, 0.4) is 0 Å². The van der Waals surface area contributed by atoms with Crippen molar-refractivity contribution in [2.45, 2.75) is 45.3 Å². The van der Waals surface area contributed by atoms with E-state index in [0.717, 1.165) is 16.8 Å². The molecule has 29 heavy (non-hydrogen) atoms. The van der Waals surface area contributed by atoms with Crippen LogP contribution in [-0.2, 0) is 11.3 Å². The number of hydrogen-bond donors (Lipinski definition) is 2. The van der Waals surface area contributed by atoms with Gasteiger partial charge >= 0.3 is 6.03 Å². The smallest absolute Gasteiger partial charge is 0.328 e. The van der Waals surface area contributed by atoms with Gasteiger partial charge in [0.05, 0.1) is 6.54 Å². The number of imide groups is 1. The van der Waals surface area contributed by atoms with Crippen molar-refractivity contribution in [3.63, 3.8) is 0 Å². The number of amides is 3. The SMILES string of the molecule is CC1=NN(CCCO)C2NC3C(C(=O)N(Cc4ccc(C)cc4)C(=O)N3C)N2C1. The van der Waals surface area contributed by atoms with Gasteiger partial charge in [0, 0.05) is 32.5 Å². The molecule has 0 spiro atoms. The van der Waals surface area contributed by atoms with Crippen molar-refractivity contribution in [3.8, 4) is 0 Å². The summed E-state index contributed by atoms with van der Waals surface area (Å²) in [4.78, 5) is 31.4. The molecule has 0 saturated carbocycles. The third-order valence-corrected chi connectivity index (χ3v) is 5.76. The second-order valence-corrected chi connectivity index (χ2v) is 7.98. The average Bonchev–Trinajstić information content (AvgIpc) is 3.08. The Morgan fingerprint density at radius 2 is 1.93 bits per heavy atom. The van der Waals surface area contributed by atoms with Crippen LogP contribution < -0.4 is 5.32 Å². The van der Waals surface area contributed by atoms with E-state index in [9.17, 15) is 14.7 Å². The Balaban J connectivity index is 1.59. The zero-order valence-electron chi connectivity index (χ0n) is 17.1. The number of nitrogens with one attached hydrogen (secondary N) is 1. The van der Waals surface area contributed by atoms with Crippen LogP contribution in [0.2, 0.25) is 0 Å². The van der Waals surface area contributed by atoms with Crippen LogP contribution in [0.4, 0.5) is 4.79 Å². The Labute approximate surface area is 170 Å². The van der Waals surface area contributed by atoms with Crippen LogP contribution in [0.25, 0.3) is 0 Å². The largest absolute Gasteiger partial charge is 0.396 e. The molecule has 3 amide bonds. The molecule has 0 bridgehead atoms. The second-order valence-electron chi connectivity index (χ2n) is 7.98. The van der Waals surface area contributed by atoms with Crippen LogP contribution in [0.15, 0.2) is 29.4 Å². The normalized spacial score (nSPS) is 27.2. The Bertz CT molecular complexity index is 826. The molecule has 9 nitrogen and oxygen atoms in total. The first-order chi connectivity index (χ1) is 13.9. The first-order valence-electron chi connectivity index (χ1n) is 9.98. The van der Waals surface area contributed by atoms with Gasteiger partial charge in [-0.15, -0.1) is 0 Å². The summed E-state index contributed by atoms with van der Waals surface area (Å²) in [6, 6.07) is 7.09. The molecule has 3 atom stereocenters. The number of hydrazone groups is 1. The number of likely N-dealkylation sites (N-methyl/N-ethyl adjacent to an activating group) is 1. The fourth-order valence-corrected chi connectivity index (χ4v) is 4.28. The standard InChI is InChI=1S/C20H28N6O3/c1-13-5-7-15(8-6-13)12-25-18(28)16-17(23(3)20(25)29)21-19-24(16)11-14(2)22-26(19)9-4-10-27/h5-8,16-17,19,21,27H,4,9-12H2,1-3H3. The summed E-state index contributed by atoms with van der Waals surface area (Å²) in [6.45, 7) is 5.40. The quantitative estimate of drug-likeness (QED) is 0.741. The van der Waals surface area contributed by atoms with E-state index < -0.39 is 12.2 Å². The number of nitrogens with zero attached hydrogens (tertiary/aromatic N) is 5. The summed E-state index contributed by atoms with van der Waals surface area (Å²) in [7, 11) is 1.73. The summed E-state index contributed by atoms with van der Waals surface area (Å²) < 4.78 is 0. The van der Waals surface area contributed by atoms with Gasteiger partial charge in [-0.05, 0) is 25.8 Å². The van der Waals surface area contributed by atoms with Crippen molar-refractivity contribution in [1.82, 2.24) is 25.0 Å². The molecule has 9 heteroatoms. The molecule has 3 aliphatic rings. The number of benzene rings is 1. The molecule has 1 aromatic carbocycles. The molecule has 2 fully saturated rings. The summed E-state index contributed by atoms with van der Waals surface area (Å²) >= 11 is 0. The summed E-state index contributed by atoms with van der Waals surface area (Å²) in [5.41, 5.74) is 2.96. The highest BCUT2D eigenvalue weighted by molar-refractivity contribution is 6.01. The van der Waals surface area contributed by atoms with Crippen molar-refractivity contribution in [3.05, 3.63) is 35.4 Å². The molecule has 3 unspecified atom stereocenters. The number of carbonyl (C=O) groups is 2. The minimum Gasteiger partial charge on any atom is -0.396 e. The van der Waals surface area contributed by atoms with Crippen LogP contribution >= 0.6 is 0 Å². The van der Waals surface area contributed by atoms with Crippen molar-refractivity contribution in [1.29, 1.82) is 0 Å². The predicted octanol–water partition coefficient (Wildman–Crippen LogP) is 0.346. The topological polar surface area (TPSA) is 91.7 Å². The molecule has 2 saturated heterocycles. The van der Waals surface area contributed by atoms with E-state index in [0.29, 0.717) is 19.5 Å². The van der Waals surface area contributed by atoms with Gasteiger partial charge in [-0.3, -0.25) is 20.0 Å². The number of carbonyl (C=O) groups excluding carboxylic acids is 2. The van der Waals surface area contributed by atoms with Gasteiger partial charge in [-0.2, -0.15) is 5.10 Å². The van der Waals surface area contributed by atoms with Crippen LogP contribution in [0.5, 0.6) is 0 Å². The molecule has 3 aliphatic heterocycles. The number of aliphatic hydroxyl groups is 1. The molecule has 2 N–H and O–H groups in total. The van der Waals surface area contributed by atoms with E-state index in [1.807, 2.05) is 43.1 Å². The van der Waals surface area contributed by atoms with Crippen molar-refractivity contribution < 1.29 is 14.7 Å². The average molecular weight is 400 g/mol. The summed E-state index contributed by atoms with van der Waals surface area (Å²) in [5.74, 6) is -0.189. The number of aryl methyl sites for hydroxylation is 1. The van der Waals surface area contributed by atoms with Gasteiger partial charge in [0.1, 0.15) is 12.2 Å². The van der Waals surface area contributed by atoms with E-state index in [4.69, 9.17) is 0 Å². The van der Waals surface area contributed by atoms with E-state index in [1.54, 1.807) is 11.9 Å². The lowest BCUT2D eigenvalue weighted by atomic mass is 10.1. The van der Waals surface area contributed by atoms with Gasteiger partial charge in [0.25, 0.3) is 5.91 Å². The monoisotopic (exact) mass is 400 g/mol. The molecule has 4 rings (SSSR count). The maximum atomic E-state index is 13.4. The van der Waals surface area contributed by atoms with Crippen LogP contribution in [0.1, 0.15) is 24.5 Å². The Kier molecular flexibility index (Phi) is 5.28. The molecular formula is C20H28N6O3. The van der Waals surface area contributed by atoms with Crippen molar-refractivity contribution in [2.75, 3.05) is 26.7 Å². The fraction of sp³-hybridized carbons (Fsp3) is 0.550. The first kappa shape index (κ1) is 19.8. The Morgan fingerprint density at radius 1 is 1.21 bits per heavy atom. The maximum Gasteiger partial charge on any atom is 0.328 e. The Hall–Kier alpha value is -2.49. The van der Waals surface area contributed by atoms with Crippen LogP contribution in [-0.4, -0.2) is 87.7 Å². The lowest BCUT2D eigenvalue weighted by Gasteiger charge is -2.42. The number of aliphatic hydroxyl groups excluding tert-OH is 1. The first-order valence-corrected chi connectivity index (χ1v) is 9.98. The van der Waals surface area contributed by atoms with Crippen molar-refractivity contribution >= 4 is 17.6 Å². The summed E-state index contributed by atoms with van der Waals surface area (Å²) in [6.07, 6.45) is -0.105. The fourth-order valence-electron chi connectivity index (χ4n) is 4.28. The summed E-state index contributed by atoms with van der Waals surface area (Å²) in [5, 5.41) is 19.1. The lowest BCUT2D eigenvalue weighted by molar-refractivity contribution is -0.139. The van der Waals surface area contributed by atoms with Gasteiger partial charge in [-0.1, -0.05) is 29.8 Å². The van der Waals surface area contributed by atoms with Crippen LogP contribution in [0, 0.1) is 6.92 Å². The highest BCUT2D eigenvalue weighted by Crippen LogP contribution is 2.30. The number of hydrogen-bond acceptors (Lipinski definition) is 7. The third kappa shape index (κ3) is 3.50. The maximum absolute atomic E-state index is 13.4. The van der Waals surface area contributed by atoms with Gasteiger partial charge in [0.2, 0.25) is 0 Å². The van der Waals surface area contributed by atoms with E-state index in [1.165, 1.54) is 4.90 Å². The minimum atomic E-state index is -0.477. The molecule has 3 heterocycles. The molecule has 0 aliphatic carbocycles. The van der Waals surface area contributed by atoms with E-state index in [2.05, 4.69) is 15.3 Å². The minimum absolute atomic E-state index is 0.0757. The zero-order valence-corrected chi connectivity index (χ0v) is 17.1. The number of rotatable bonds is 5. The molecule has 0 radical (unpaired) electrons. The Morgan fingerprint density at radius 3 is 2.62 bits per heavy atom. The highest BCUT2D eigenvalue weighted by Gasteiger charge is 2.56. The highest BCUT2D eigenvalue weighted by atomic mass is 16.3. The predicted molar refractivity (Wildman–Crippen MR) is 108 cm³/mol. The van der Waals surface area contributed by atoms with E-state index in [-0.39, 0.29) is 31.4 Å². The number of fused-ring (bicyclic) bond motifs is 3. The lowest BCUT2D eigenvalue weighted by Crippen LogP contribution is -2.66. The van der Waals surface area contributed by atoms with Gasteiger partial charge in [0.15, 0.2) is 6.29 Å².